The second-order valence-electron chi connectivity index (χ2n) is 5.80. The average molecular weight is 260 g/mol. The zero-order chi connectivity index (χ0) is 14.2. The first-order valence-corrected chi connectivity index (χ1v) is 6.48. The van der Waals surface area contributed by atoms with Crippen LogP contribution in [0.15, 0.2) is 0 Å². The largest absolute Gasteiger partial charge is 0.444 e. The summed E-state index contributed by atoms with van der Waals surface area (Å²) in [6.45, 7) is 14.2. The van der Waals surface area contributed by atoms with E-state index in [0.717, 1.165) is 6.54 Å². The van der Waals surface area contributed by atoms with Crippen LogP contribution in [0.25, 0.3) is 0 Å². The summed E-state index contributed by atoms with van der Waals surface area (Å²) in [6.07, 6.45) is -0.381. The minimum Gasteiger partial charge on any atom is -0.444 e. The standard InChI is InChI=1S/C13H28N2O3/c1-7-17-13(5,6)10-14-8-9-15-11(16)18-12(2,3)4/h14H,7-10H2,1-6H3,(H,15,16). The third-order valence-electron chi connectivity index (χ3n) is 2.06. The summed E-state index contributed by atoms with van der Waals surface area (Å²) in [5.74, 6) is 0. The van der Waals surface area contributed by atoms with E-state index in [1.165, 1.54) is 0 Å². The van der Waals surface area contributed by atoms with Crippen molar-refractivity contribution in [2.75, 3.05) is 26.2 Å². The molecule has 2 N–H and O–H groups in total. The van der Waals surface area contributed by atoms with Gasteiger partial charge in [0, 0.05) is 26.2 Å². The van der Waals surface area contributed by atoms with Crippen LogP contribution in [-0.4, -0.2) is 43.5 Å². The van der Waals surface area contributed by atoms with Gasteiger partial charge in [-0.15, -0.1) is 0 Å². The van der Waals surface area contributed by atoms with Gasteiger partial charge in [0.25, 0.3) is 0 Å². The van der Waals surface area contributed by atoms with Crippen molar-refractivity contribution in [1.82, 2.24) is 10.6 Å². The zero-order valence-corrected chi connectivity index (χ0v) is 12.6. The van der Waals surface area contributed by atoms with Gasteiger partial charge in [0.15, 0.2) is 0 Å². The monoisotopic (exact) mass is 260 g/mol. The maximum absolute atomic E-state index is 11.3. The zero-order valence-electron chi connectivity index (χ0n) is 12.6. The highest BCUT2D eigenvalue weighted by molar-refractivity contribution is 5.67. The molecular formula is C13H28N2O3. The summed E-state index contributed by atoms with van der Waals surface area (Å²) >= 11 is 0. The van der Waals surface area contributed by atoms with Crippen LogP contribution in [0, 0.1) is 0 Å². The Kier molecular flexibility index (Phi) is 7.25. The van der Waals surface area contributed by atoms with E-state index in [-0.39, 0.29) is 11.7 Å². The molecule has 0 spiro atoms. The van der Waals surface area contributed by atoms with Crippen LogP contribution in [0.4, 0.5) is 4.79 Å². The quantitative estimate of drug-likeness (QED) is 0.687. The molecular weight excluding hydrogens is 232 g/mol. The molecule has 0 saturated heterocycles. The molecule has 0 saturated carbocycles. The third-order valence-corrected chi connectivity index (χ3v) is 2.06. The van der Waals surface area contributed by atoms with Crippen LogP contribution in [0.5, 0.6) is 0 Å². The molecule has 1 amide bonds. The van der Waals surface area contributed by atoms with Crippen molar-refractivity contribution in [2.45, 2.75) is 52.7 Å². The van der Waals surface area contributed by atoms with Crippen LogP contribution in [0.2, 0.25) is 0 Å². The summed E-state index contributed by atoms with van der Waals surface area (Å²) in [4.78, 5) is 11.3. The van der Waals surface area contributed by atoms with E-state index in [1.807, 2.05) is 41.5 Å². The number of carbonyl (C=O) groups excluding carboxylic acids is 1. The first-order valence-electron chi connectivity index (χ1n) is 6.48. The van der Waals surface area contributed by atoms with E-state index in [2.05, 4.69) is 10.6 Å². The molecule has 5 nitrogen and oxygen atoms in total. The summed E-state index contributed by atoms with van der Waals surface area (Å²) in [5, 5.41) is 5.93. The smallest absolute Gasteiger partial charge is 0.407 e. The number of carbonyl (C=O) groups is 1. The molecule has 108 valence electrons. The van der Waals surface area contributed by atoms with Gasteiger partial charge in [-0.25, -0.2) is 4.79 Å². The second-order valence-corrected chi connectivity index (χ2v) is 5.80. The van der Waals surface area contributed by atoms with Gasteiger partial charge in [0.05, 0.1) is 5.60 Å². The van der Waals surface area contributed by atoms with Gasteiger partial charge in [-0.1, -0.05) is 0 Å². The Morgan fingerprint density at radius 3 is 2.22 bits per heavy atom. The Balaban J connectivity index is 3.60. The molecule has 0 rings (SSSR count). The lowest BCUT2D eigenvalue weighted by molar-refractivity contribution is -0.00856. The summed E-state index contributed by atoms with van der Waals surface area (Å²) < 4.78 is 10.7. The van der Waals surface area contributed by atoms with E-state index in [0.29, 0.717) is 19.7 Å². The lowest BCUT2D eigenvalue weighted by Gasteiger charge is -2.25. The van der Waals surface area contributed by atoms with Crippen LogP contribution in [0.3, 0.4) is 0 Å². The fourth-order valence-electron chi connectivity index (χ4n) is 1.40. The first kappa shape index (κ1) is 17.2. The molecule has 0 aliphatic heterocycles. The Labute approximate surface area is 111 Å². The molecule has 0 aliphatic rings. The predicted molar refractivity (Wildman–Crippen MR) is 72.8 cm³/mol. The lowest BCUT2D eigenvalue weighted by atomic mass is 10.1. The number of alkyl carbamates (subject to hydrolysis) is 1. The minimum atomic E-state index is -0.450. The van der Waals surface area contributed by atoms with Gasteiger partial charge in [-0.2, -0.15) is 0 Å². The fourth-order valence-corrected chi connectivity index (χ4v) is 1.40. The van der Waals surface area contributed by atoms with Crippen LogP contribution < -0.4 is 10.6 Å². The molecule has 0 aromatic rings. The predicted octanol–water partition coefficient (Wildman–Crippen LogP) is 1.92. The number of hydrogen-bond donors (Lipinski definition) is 2. The van der Waals surface area contributed by atoms with Crippen molar-refractivity contribution in [1.29, 1.82) is 0 Å². The number of amides is 1. The lowest BCUT2D eigenvalue weighted by Crippen LogP contribution is -2.41. The minimum absolute atomic E-state index is 0.180. The topological polar surface area (TPSA) is 59.6 Å². The van der Waals surface area contributed by atoms with Crippen molar-refractivity contribution in [2.24, 2.45) is 0 Å². The van der Waals surface area contributed by atoms with Gasteiger partial charge in [-0.3, -0.25) is 0 Å². The second kappa shape index (κ2) is 7.59. The molecule has 0 aliphatic carbocycles. The average Bonchev–Trinajstić information content (AvgIpc) is 2.13. The van der Waals surface area contributed by atoms with E-state index < -0.39 is 5.60 Å². The number of rotatable bonds is 7. The molecule has 0 aromatic carbocycles. The van der Waals surface area contributed by atoms with Crippen molar-refractivity contribution in [3.8, 4) is 0 Å². The van der Waals surface area contributed by atoms with Gasteiger partial charge in [0.2, 0.25) is 0 Å². The van der Waals surface area contributed by atoms with Gasteiger partial charge in [-0.05, 0) is 41.5 Å². The van der Waals surface area contributed by atoms with Crippen LogP contribution >= 0.6 is 0 Å². The molecule has 0 aromatic heterocycles. The van der Waals surface area contributed by atoms with Crippen molar-refractivity contribution in [3.63, 3.8) is 0 Å². The van der Waals surface area contributed by atoms with Crippen molar-refractivity contribution >= 4 is 6.09 Å². The number of nitrogens with one attached hydrogen (secondary N) is 2. The highest BCUT2D eigenvalue weighted by Gasteiger charge is 2.17. The molecule has 0 atom stereocenters. The summed E-state index contributed by atoms with van der Waals surface area (Å²) in [6, 6.07) is 0. The van der Waals surface area contributed by atoms with Crippen molar-refractivity contribution < 1.29 is 14.3 Å². The SMILES string of the molecule is CCOC(C)(C)CNCCNC(=O)OC(C)(C)C. The molecule has 0 bridgehead atoms. The van der Waals surface area contributed by atoms with Gasteiger partial charge >= 0.3 is 6.09 Å². The van der Waals surface area contributed by atoms with Crippen LogP contribution in [0.1, 0.15) is 41.5 Å². The molecule has 5 heteroatoms. The first-order chi connectivity index (χ1) is 8.16. The number of hydrogen-bond acceptors (Lipinski definition) is 4. The molecule has 18 heavy (non-hydrogen) atoms. The normalized spacial score (nSPS) is 12.3. The Hall–Kier alpha value is -0.810. The molecule has 0 fully saturated rings. The maximum atomic E-state index is 11.3. The van der Waals surface area contributed by atoms with E-state index >= 15 is 0 Å². The Bertz CT molecular complexity index is 247. The Morgan fingerprint density at radius 1 is 1.11 bits per heavy atom. The van der Waals surface area contributed by atoms with Gasteiger partial charge in [0.1, 0.15) is 5.60 Å². The van der Waals surface area contributed by atoms with E-state index in [9.17, 15) is 4.79 Å². The van der Waals surface area contributed by atoms with E-state index in [4.69, 9.17) is 9.47 Å². The molecule has 0 radical (unpaired) electrons. The highest BCUT2D eigenvalue weighted by Crippen LogP contribution is 2.07. The third kappa shape index (κ3) is 10.4. The molecule has 0 unspecified atom stereocenters. The van der Waals surface area contributed by atoms with Crippen LogP contribution in [-0.2, 0) is 9.47 Å². The summed E-state index contributed by atoms with van der Waals surface area (Å²) in [5.41, 5.74) is -0.630. The molecule has 0 heterocycles. The Morgan fingerprint density at radius 2 is 1.72 bits per heavy atom. The van der Waals surface area contributed by atoms with E-state index in [1.54, 1.807) is 0 Å². The fraction of sp³-hybridized carbons (Fsp3) is 0.923. The highest BCUT2D eigenvalue weighted by atomic mass is 16.6. The maximum Gasteiger partial charge on any atom is 0.407 e. The van der Waals surface area contributed by atoms with Gasteiger partial charge < -0.3 is 20.1 Å². The summed E-state index contributed by atoms with van der Waals surface area (Å²) in [7, 11) is 0. The number of ether oxygens (including phenoxy) is 2. The van der Waals surface area contributed by atoms with Crippen molar-refractivity contribution in [3.05, 3.63) is 0 Å².